The van der Waals surface area contributed by atoms with Gasteiger partial charge in [0.15, 0.2) is 5.96 Å². The van der Waals surface area contributed by atoms with Crippen molar-refractivity contribution >= 4 is 23.5 Å². The molecular weight excluding hydrogens is 384 g/mol. The van der Waals surface area contributed by atoms with Gasteiger partial charge in [-0.15, -0.1) is 0 Å². The molecule has 1 aliphatic heterocycles. The minimum atomic E-state index is 0.134. The molecule has 1 fully saturated rings. The summed E-state index contributed by atoms with van der Waals surface area (Å²) in [6.45, 7) is 5.69. The number of hydrogen-bond donors (Lipinski definition) is 2. The Hall–Kier alpha value is -2.53. The van der Waals surface area contributed by atoms with Crippen LogP contribution in [0.25, 0.3) is 0 Å². The molecule has 0 atom stereocenters. The van der Waals surface area contributed by atoms with E-state index in [0.717, 1.165) is 60.1 Å². The lowest BCUT2D eigenvalue weighted by molar-refractivity contribution is 0.0724. The van der Waals surface area contributed by atoms with Crippen molar-refractivity contribution in [1.82, 2.24) is 15.5 Å². The summed E-state index contributed by atoms with van der Waals surface area (Å²) in [5, 5.41) is 7.31. The average Bonchev–Trinajstić information content (AvgIpc) is 2.77. The number of piperidine rings is 1. The number of guanidine groups is 1. The Kier molecular flexibility index (Phi) is 7.94. The molecule has 2 aromatic carbocycles. The van der Waals surface area contributed by atoms with Crippen molar-refractivity contribution < 1.29 is 4.79 Å². The molecule has 2 N–H and O–H groups in total. The Morgan fingerprint density at radius 2 is 1.76 bits per heavy atom. The van der Waals surface area contributed by atoms with E-state index in [9.17, 15) is 4.79 Å². The quantitative estimate of drug-likeness (QED) is 0.551. The van der Waals surface area contributed by atoms with Crippen molar-refractivity contribution in [2.24, 2.45) is 4.99 Å². The molecule has 6 heteroatoms. The molecule has 0 radical (unpaired) electrons. The summed E-state index contributed by atoms with van der Waals surface area (Å²) in [5.74, 6) is 0.871. The highest BCUT2D eigenvalue weighted by Crippen LogP contribution is 2.15. The zero-order valence-electron chi connectivity index (χ0n) is 17.0. The zero-order chi connectivity index (χ0) is 20.5. The first-order valence-electron chi connectivity index (χ1n) is 10.3. The van der Waals surface area contributed by atoms with Crippen LogP contribution in [0.15, 0.2) is 53.5 Å². The number of nitrogens with one attached hydrogen (secondary N) is 2. The summed E-state index contributed by atoms with van der Waals surface area (Å²) >= 11 is 6.22. The predicted molar refractivity (Wildman–Crippen MR) is 119 cm³/mol. The maximum absolute atomic E-state index is 12.6. The molecule has 5 nitrogen and oxygen atoms in total. The molecule has 29 heavy (non-hydrogen) atoms. The van der Waals surface area contributed by atoms with Crippen LogP contribution in [0.2, 0.25) is 5.02 Å². The maximum Gasteiger partial charge on any atom is 0.253 e. The van der Waals surface area contributed by atoms with Gasteiger partial charge in [-0.25, -0.2) is 4.99 Å². The molecule has 0 unspecified atom stereocenters. The number of rotatable bonds is 6. The molecule has 1 saturated heterocycles. The number of benzene rings is 2. The molecule has 3 rings (SSSR count). The standard InChI is InChI=1S/C23H29ClN4O/c1-2-25-23(27-17-20-8-4-5-9-21(20)24)26-16-18-10-12-19(13-11-18)22(29)28-14-6-3-7-15-28/h4-5,8-13H,2-3,6-7,14-17H2,1H3,(H2,25,26,27). The van der Waals surface area contributed by atoms with Gasteiger partial charge in [0.1, 0.15) is 0 Å². The lowest BCUT2D eigenvalue weighted by Crippen LogP contribution is -2.36. The highest BCUT2D eigenvalue weighted by molar-refractivity contribution is 6.31. The van der Waals surface area contributed by atoms with Crippen LogP contribution >= 0.6 is 11.6 Å². The fourth-order valence-electron chi connectivity index (χ4n) is 3.37. The lowest BCUT2D eigenvalue weighted by atomic mass is 10.1. The van der Waals surface area contributed by atoms with Crippen LogP contribution in [0, 0.1) is 0 Å². The van der Waals surface area contributed by atoms with Gasteiger partial charge >= 0.3 is 0 Å². The first-order chi connectivity index (χ1) is 14.2. The van der Waals surface area contributed by atoms with E-state index in [1.807, 2.05) is 60.4 Å². The summed E-state index contributed by atoms with van der Waals surface area (Å²) in [6.07, 6.45) is 3.43. The molecule has 0 aromatic heterocycles. The van der Waals surface area contributed by atoms with Crippen LogP contribution in [-0.4, -0.2) is 36.4 Å². The largest absolute Gasteiger partial charge is 0.357 e. The van der Waals surface area contributed by atoms with Crippen LogP contribution in [0.4, 0.5) is 0 Å². The van der Waals surface area contributed by atoms with Crippen molar-refractivity contribution in [3.8, 4) is 0 Å². The number of likely N-dealkylation sites (tertiary alicyclic amines) is 1. The fraction of sp³-hybridized carbons (Fsp3) is 0.391. The van der Waals surface area contributed by atoms with Crippen LogP contribution < -0.4 is 10.6 Å². The second kappa shape index (κ2) is 10.9. The van der Waals surface area contributed by atoms with Gasteiger partial charge in [-0.05, 0) is 55.5 Å². The van der Waals surface area contributed by atoms with Gasteiger partial charge in [0.2, 0.25) is 0 Å². The Morgan fingerprint density at radius 3 is 2.45 bits per heavy atom. The highest BCUT2D eigenvalue weighted by Gasteiger charge is 2.17. The second-order valence-electron chi connectivity index (χ2n) is 7.19. The zero-order valence-corrected chi connectivity index (χ0v) is 17.7. The lowest BCUT2D eigenvalue weighted by Gasteiger charge is -2.26. The van der Waals surface area contributed by atoms with E-state index in [0.29, 0.717) is 13.1 Å². The topological polar surface area (TPSA) is 56.7 Å². The Balaban J connectivity index is 1.58. The number of halogens is 1. The third-order valence-electron chi connectivity index (χ3n) is 5.01. The molecule has 154 valence electrons. The minimum Gasteiger partial charge on any atom is -0.357 e. The van der Waals surface area contributed by atoms with Gasteiger partial charge in [0.25, 0.3) is 5.91 Å². The molecule has 2 aromatic rings. The number of amides is 1. The van der Waals surface area contributed by atoms with Crippen LogP contribution in [-0.2, 0) is 13.1 Å². The Labute approximate surface area is 178 Å². The molecule has 1 heterocycles. The van der Waals surface area contributed by atoms with Gasteiger partial charge in [-0.3, -0.25) is 4.79 Å². The van der Waals surface area contributed by atoms with Crippen molar-refractivity contribution in [3.63, 3.8) is 0 Å². The van der Waals surface area contributed by atoms with Gasteiger partial charge in [-0.2, -0.15) is 0 Å². The van der Waals surface area contributed by atoms with E-state index in [1.165, 1.54) is 6.42 Å². The monoisotopic (exact) mass is 412 g/mol. The van der Waals surface area contributed by atoms with Crippen LogP contribution in [0.5, 0.6) is 0 Å². The summed E-state index contributed by atoms with van der Waals surface area (Å²) in [5.41, 5.74) is 2.85. The third kappa shape index (κ3) is 6.23. The summed E-state index contributed by atoms with van der Waals surface area (Å²) < 4.78 is 0. The fourth-order valence-corrected chi connectivity index (χ4v) is 3.57. The first kappa shape index (κ1) is 21.2. The van der Waals surface area contributed by atoms with Crippen molar-refractivity contribution in [2.45, 2.75) is 39.3 Å². The van der Waals surface area contributed by atoms with Crippen molar-refractivity contribution in [2.75, 3.05) is 19.6 Å². The normalized spacial score (nSPS) is 14.6. The molecule has 0 aliphatic carbocycles. The summed E-state index contributed by atoms with van der Waals surface area (Å²) in [4.78, 5) is 19.2. The molecule has 0 spiro atoms. The van der Waals surface area contributed by atoms with Gasteiger partial charge < -0.3 is 15.5 Å². The van der Waals surface area contributed by atoms with Gasteiger partial charge in [-0.1, -0.05) is 41.9 Å². The van der Waals surface area contributed by atoms with Crippen molar-refractivity contribution in [3.05, 3.63) is 70.2 Å². The van der Waals surface area contributed by atoms with Gasteiger partial charge in [0.05, 0.1) is 6.54 Å². The first-order valence-corrected chi connectivity index (χ1v) is 10.7. The van der Waals surface area contributed by atoms with E-state index in [2.05, 4.69) is 15.6 Å². The predicted octanol–water partition coefficient (Wildman–Crippen LogP) is 4.22. The van der Waals surface area contributed by atoms with E-state index < -0.39 is 0 Å². The number of carbonyl (C=O) groups is 1. The van der Waals surface area contributed by atoms with Crippen LogP contribution in [0.3, 0.4) is 0 Å². The maximum atomic E-state index is 12.6. The Bertz CT molecular complexity index is 829. The SMILES string of the molecule is CCNC(=NCc1ccc(C(=O)N2CCCCC2)cc1)NCc1ccccc1Cl. The Morgan fingerprint density at radius 1 is 1.03 bits per heavy atom. The summed E-state index contributed by atoms with van der Waals surface area (Å²) in [7, 11) is 0. The highest BCUT2D eigenvalue weighted by atomic mass is 35.5. The number of nitrogens with zero attached hydrogens (tertiary/aromatic N) is 2. The molecule has 0 saturated carbocycles. The molecule has 1 amide bonds. The second-order valence-corrected chi connectivity index (χ2v) is 7.60. The average molecular weight is 413 g/mol. The van der Waals surface area contributed by atoms with E-state index in [4.69, 9.17) is 11.6 Å². The number of carbonyl (C=O) groups excluding carboxylic acids is 1. The molecule has 0 bridgehead atoms. The molecule has 1 aliphatic rings. The van der Waals surface area contributed by atoms with Crippen LogP contribution in [0.1, 0.15) is 47.7 Å². The molecular formula is C23H29ClN4O. The third-order valence-corrected chi connectivity index (χ3v) is 5.38. The van der Waals surface area contributed by atoms with E-state index in [1.54, 1.807) is 0 Å². The number of aliphatic imine (C=N–C) groups is 1. The van der Waals surface area contributed by atoms with E-state index in [-0.39, 0.29) is 5.91 Å². The smallest absolute Gasteiger partial charge is 0.253 e. The van der Waals surface area contributed by atoms with E-state index >= 15 is 0 Å². The number of hydrogen-bond acceptors (Lipinski definition) is 2. The van der Waals surface area contributed by atoms with Gasteiger partial charge in [0, 0.05) is 36.8 Å². The summed E-state index contributed by atoms with van der Waals surface area (Å²) in [6, 6.07) is 15.6. The van der Waals surface area contributed by atoms with Crippen molar-refractivity contribution in [1.29, 1.82) is 0 Å². The minimum absolute atomic E-state index is 0.134.